The fourth-order valence-corrected chi connectivity index (χ4v) is 4.92. The average molecular weight is 494 g/mol. The molecule has 0 saturated carbocycles. The minimum absolute atomic E-state index is 0. The largest absolute Gasteiger partial charge is 0.485 e. The van der Waals surface area contributed by atoms with Crippen LogP contribution in [0.3, 0.4) is 0 Å². The molecule has 1 unspecified atom stereocenters. The molecular formula is C23H25ClFN3O4S. The van der Waals surface area contributed by atoms with E-state index in [2.05, 4.69) is 9.88 Å². The van der Waals surface area contributed by atoms with Gasteiger partial charge in [0.2, 0.25) is 6.10 Å². The molecule has 5 rings (SSSR count). The van der Waals surface area contributed by atoms with Gasteiger partial charge < -0.3 is 14.2 Å². The summed E-state index contributed by atoms with van der Waals surface area (Å²) in [6, 6.07) is 12.1. The van der Waals surface area contributed by atoms with Crippen molar-refractivity contribution in [3.05, 3.63) is 48.3 Å². The Bertz CT molecular complexity index is 1110. The Balaban J connectivity index is 0.00000259. The molecule has 1 fully saturated rings. The van der Waals surface area contributed by atoms with Gasteiger partial charge in [0, 0.05) is 26.2 Å². The van der Waals surface area contributed by atoms with Gasteiger partial charge in [0.1, 0.15) is 17.9 Å². The first-order chi connectivity index (χ1) is 15.7. The number of amides is 1. The Hall–Kier alpha value is -2.46. The lowest BCUT2D eigenvalue weighted by Gasteiger charge is -2.31. The summed E-state index contributed by atoms with van der Waals surface area (Å²) in [6.07, 6.45) is -0.0287. The van der Waals surface area contributed by atoms with Gasteiger partial charge in [0.15, 0.2) is 16.6 Å². The van der Waals surface area contributed by atoms with E-state index >= 15 is 0 Å². The number of carbonyl (C=O) groups excluding carboxylic acids is 1. The number of hydrogen-bond donors (Lipinski definition) is 0. The first-order valence-corrected chi connectivity index (χ1v) is 11.6. The second-order valence-corrected chi connectivity index (χ2v) is 8.75. The van der Waals surface area contributed by atoms with E-state index in [1.165, 1.54) is 17.4 Å². The molecule has 3 aromatic rings. The third-order valence-corrected chi connectivity index (χ3v) is 6.64. The van der Waals surface area contributed by atoms with Gasteiger partial charge in [-0.25, -0.2) is 9.37 Å². The molecule has 0 bridgehead atoms. The van der Waals surface area contributed by atoms with Gasteiger partial charge in [-0.3, -0.25) is 14.6 Å². The highest BCUT2D eigenvalue weighted by Gasteiger charge is 2.33. The topological polar surface area (TPSA) is 64.1 Å². The van der Waals surface area contributed by atoms with Gasteiger partial charge in [-0.15, -0.1) is 12.4 Å². The number of hydrogen-bond acceptors (Lipinski definition) is 7. The van der Waals surface area contributed by atoms with Crippen LogP contribution in [0.5, 0.6) is 11.5 Å². The summed E-state index contributed by atoms with van der Waals surface area (Å²) in [6.45, 7) is 4.65. The van der Waals surface area contributed by atoms with Crippen molar-refractivity contribution in [3.8, 4) is 11.5 Å². The SMILES string of the molecule is Cl.O=C(C1COc2ccccc2O1)N(CCCN1CCOCC1)c1nc2c(F)cccc2s1. The number of benzene rings is 2. The molecular weight excluding hydrogens is 469 g/mol. The predicted molar refractivity (Wildman–Crippen MR) is 127 cm³/mol. The fourth-order valence-electron chi connectivity index (χ4n) is 3.91. The summed E-state index contributed by atoms with van der Waals surface area (Å²) in [5.74, 6) is 0.538. The Morgan fingerprint density at radius 1 is 1.15 bits per heavy atom. The molecule has 7 nitrogen and oxygen atoms in total. The quantitative estimate of drug-likeness (QED) is 0.521. The Kier molecular flexibility index (Phi) is 7.64. The number of carbonyl (C=O) groups is 1. The van der Waals surface area contributed by atoms with E-state index in [0.717, 1.165) is 39.3 Å². The van der Waals surface area contributed by atoms with Gasteiger partial charge >= 0.3 is 0 Å². The number of anilines is 1. The molecule has 2 aliphatic heterocycles. The van der Waals surface area contributed by atoms with Gasteiger partial charge in [0.25, 0.3) is 5.91 Å². The number of rotatable bonds is 6. The first kappa shape index (κ1) is 23.7. The number of fused-ring (bicyclic) bond motifs is 2. The van der Waals surface area contributed by atoms with Crippen LogP contribution in [0.4, 0.5) is 9.52 Å². The second kappa shape index (κ2) is 10.6. The summed E-state index contributed by atoms with van der Waals surface area (Å²) in [5.41, 5.74) is 0.282. The molecule has 1 atom stereocenters. The molecule has 1 saturated heterocycles. The Morgan fingerprint density at radius 3 is 2.73 bits per heavy atom. The summed E-state index contributed by atoms with van der Waals surface area (Å²) in [7, 11) is 0. The summed E-state index contributed by atoms with van der Waals surface area (Å²) < 4.78 is 32.1. The van der Waals surface area contributed by atoms with Crippen molar-refractivity contribution >= 4 is 45.0 Å². The summed E-state index contributed by atoms with van der Waals surface area (Å²) in [4.78, 5) is 21.9. The molecule has 0 N–H and O–H groups in total. The number of nitrogens with zero attached hydrogens (tertiary/aromatic N) is 3. The zero-order valence-electron chi connectivity index (χ0n) is 17.9. The van der Waals surface area contributed by atoms with E-state index in [1.54, 1.807) is 17.0 Å². The van der Waals surface area contributed by atoms with E-state index < -0.39 is 11.9 Å². The molecule has 176 valence electrons. The van der Waals surface area contributed by atoms with E-state index in [9.17, 15) is 9.18 Å². The maximum absolute atomic E-state index is 14.3. The first-order valence-electron chi connectivity index (χ1n) is 10.7. The minimum Gasteiger partial charge on any atom is -0.485 e. The van der Waals surface area contributed by atoms with Crippen molar-refractivity contribution in [1.29, 1.82) is 0 Å². The van der Waals surface area contributed by atoms with Crippen molar-refractivity contribution in [1.82, 2.24) is 9.88 Å². The Morgan fingerprint density at radius 2 is 1.94 bits per heavy atom. The minimum atomic E-state index is -0.787. The van der Waals surface area contributed by atoms with Crippen LogP contribution in [-0.2, 0) is 9.53 Å². The zero-order chi connectivity index (χ0) is 21.9. The fraction of sp³-hybridized carbons (Fsp3) is 0.391. The van der Waals surface area contributed by atoms with Crippen LogP contribution in [0.1, 0.15) is 6.42 Å². The van der Waals surface area contributed by atoms with Crippen molar-refractivity contribution in [2.75, 3.05) is 50.9 Å². The maximum atomic E-state index is 14.3. The number of thiazole rings is 1. The molecule has 33 heavy (non-hydrogen) atoms. The number of para-hydroxylation sites is 3. The molecule has 0 aliphatic carbocycles. The average Bonchev–Trinajstić information content (AvgIpc) is 3.27. The third kappa shape index (κ3) is 5.22. The van der Waals surface area contributed by atoms with Crippen LogP contribution in [0, 0.1) is 5.82 Å². The third-order valence-electron chi connectivity index (χ3n) is 5.60. The number of halogens is 2. The van der Waals surface area contributed by atoms with Crippen LogP contribution >= 0.6 is 23.7 Å². The molecule has 1 aromatic heterocycles. The van der Waals surface area contributed by atoms with E-state index in [-0.39, 0.29) is 30.4 Å². The zero-order valence-corrected chi connectivity index (χ0v) is 19.6. The number of aromatic nitrogens is 1. The van der Waals surface area contributed by atoms with E-state index in [4.69, 9.17) is 14.2 Å². The molecule has 2 aromatic carbocycles. The smallest absolute Gasteiger partial charge is 0.273 e. The second-order valence-electron chi connectivity index (χ2n) is 7.74. The lowest BCUT2D eigenvalue weighted by Crippen LogP contribution is -2.47. The van der Waals surface area contributed by atoms with E-state index in [0.29, 0.717) is 27.9 Å². The molecule has 2 aliphatic rings. The van der Waals surface area contributed by atoms with E-state index in [1.807, 2.05) is 24.3 Å². The molecule has 0 spiro atoms. The highest BCUT2D eigenvalue weighted by Crippen LogP contribution is 2.34. The summed E-state index contributed by atoms with van der Waals surface area (Å²) in [5, 5.41) is 0.472. The van der Waals surface area contributed by atoms with Crippen LogP contribution in [-0.4, -0.2) is 67.9 Å². The highest BCUT2D eigenvalue weighted by atomic mass is 35.5. The van der Waals surface area contributed by atoms with Crippen molar-refractivity contribution in [2.45, 2.75) is 12.5 Å². The van der Waals surface area contributed by atoms with Gasteiger partial charge in [-0.2, -0.15) is 0 Å². The monoisotopic (exact) mass is 493 g/mol. The van der Waals surface area contributed by atoms with Gasteiger partial charge in [-0.05, 0) is 30.7 Å². The van der Waals surface area contributed by atoms with Gasteiger partial charge in [0.05, 0.1) is 17.9 Å². The summed E-state index contributed by atoms with van der Waals surface area (Å²) >= 11 is 1.31. The normalized spacial score (nSPS) is 18.0. The molecule has 1 amide bonds. The van der Waals surface area contributed by atoms with Crippen LogP contribution in [0.15, 0.2) is 42.5 Å². The number of morpholine rings is 1. The van der Waals surface area contributed by atoms with Crippen molar-refractivity contribution < 1.29 is 23.4 Å². The Labute approximate surface area is 201 Å². The number of ether oxygens (including phenoxy) is 3. The molecule has 0 radical (unpaired) electrons. The molecule has 10 heteroatoms. The highest BCUT2D eigenvalue weighted by molar-refractivity contribution is 7.22. The van der Waals surface area contributed by atoms with Crippen LogP contribution in [0.25, 0.3) is 10.2 Å². The molecule has 3 heterocycles. The van der Waals surface area contributed by atoms with Crippen molar-refractivity contribution in [3.63, 3.8) is 0 Å². The predicted octanol–water partition coefficient (Wildman–Crippen LogP) is 3.75. The lowest BCUT2D eigenvalue weighted by atomic mass is 10.2. The lowest BCUT2D eigenvalue weighted by molar-refractivity contribution is -0.127. The van der Waals surface area contributed by atoms with Gasteiger partial charge in [-0.1, -0.05) is 29.5 Å². The van der Waals surface area contributed by atoms with Crippen LogP contribution < -0.4 is 14.4 Å². The standard InChI is InChI=1S/C23H24FN3O4S.ClH/c24-16-5-3-8-20-21(16)25-23(32-20)27(10-4-9-26-11-13-29-14-12-26)22(28)19-15-30-17-6-1-2-7-18(17)31-19;/h1-3,5-8,19H,4,9-15H2;1H. The maximum Gasteiger partial charge on any atom is 0.273 e. The van der Waals surface area contributed by atoms with Crippen LogP contribution in [0.2, 0.25) is 0 Å². The van der Waals surface area contributed by atoms with Crippen molar-refractivity contribution in [2.24, 2.45) is 0 Å².